The van der Waals surface area contributed by atoms with Crippen LogP contribution in [0.5, 0.6) is 11.5 Å². The van der Waals surface area contributed by atoms with Crippen LogP contribution in [-0.4, -0.2) is 16.7 Å². The molecule has 0 saturated carbocycles. The summed E-state index contributed by atoms with van der Waals surface area (Å²) in [6.07, 6.45) is 0. The monoisotopic (exact) mass is 517 g/mol. The van der Waals surface area contributed by atoms with Crippen molar-refractivity contribution in [3.8, 4) is 11.5 Å². The number of anilines is 1. The number of benzene rings is 4. The Morgan fingerprint density at radius 1 is 0.743 bits per heavy atom. The van der Waals surface area contributed by atoms with Gasteiger partial charge in [-0.1, -0.05) is 65.7 Å². The number of nitrogens with one attached hydrogen (secondary N) is 2. The highest BCUT2D eigenvalue weighted by molar-refractivity contribution is 7.80. The molecule has 1 aliphatic heterocycles. The highest BCUT2D eigenvalue weighted by atomic mass is 35.5. The minimum Gasteiger partial charge on any atom is -0.457 e. The van der Waals surface area contributed by atoms with Crippen LogP contribution in [0.1, 0.15) is 11.1 Å². The fourth-order valence-electron chi connectivity index (χ4n) is 3.77. The van der Waals surface area contributed by atoms with Crippen LogP contribution in [0.4, 0.5) is 5.69 Å². The molecule has 4 nitrogen and oxygen atoms in total. The highest BCUT2D eigenvalue weighted by Gasteiger charge is 2.25. The Labute approximate surface area is 219 Å². The van der Waals surface area contributed by atoms with Crippen molar-refractivity contribution in [2.24, 2.45) is 0 Å². The second-order valence-electron chi connectivity index (χ2n) is 7.93. The standard InChI is InChI=1S/C28H21Cl2N3OS/c29-21-8-6-20(7-9-21)27-26(19-4-2-1-3-5-19)18-33(32-27)28(35)31-23-12-16-25(17-13-23)34-24-14-10-22(30)11-15-24/h1-17,32H,18H2,(H,31,35). The fourth-order valence-corrected chi connectivity index (χ4v) is 4.25. The first kappa shape index (κ1) is 23.2. The van der Waals surface area contributed by atoms with Gasteiger partial charge in [0.15, 0.2) is 5.11 Å². The molecule has 1 aliphatic rings. The van der Waals surface area contributed by atoms with Gasteiger partial charge in [-0.25, -0.2) is 0 Å². The van der Waals surface area contributed by atoms with E-state index in [-0.39, 0.29) is 0 Å². The Kier molecular flexibility index (Phi) is 6.91. The first-order valence-corrected chi connectivity index (χ1v) is 12.1. The average Bonchev–Trinajstić information content (AvgIpc) is 3.33. The molecular formula is C28H21Cl2N3OS. The van der Waals surface area contributed by atoms with E-state index in [0.29, 0.717) is 21.7 Å². The molecule has 0 atom stereocenters. The second kappa shape index (κ2) is 10.4. The summed E-state index contributed by atoms with van der Waals surface area (Å²) in [7, 11) is 0. The van der Waals surface area contributed by atoms with Gasteiger partial charge in [0.25, 0.3) is 0 Å². The molecule has 0 saturated heterocycles. The summed E-state index contributed by atoms with van der Waals surface area (Å²) in [4.78, 5) is 0. The number of hydrogen-bond donors (Lipinski definition) is 2. The third kappa shape index (κ3) is 5.60. The quantitative estimate of drug-likeness (QED) is 0.263. The maximum Gasteiger partial charge on any atom is 0.192 e. The van der Waals surface area contributed by atoms with Gasteiger partial charge in [-0.05, 0) is 84.0 Å². The molecule has 0 radical (unpaired) electrons. The van der Waals surface area contributed by atoms with E-state index in [1.165, 1.54) is 0 Å². The molecule has 0 amide bonds. The van der Waals surface area contributed by atoms with E-state index in [4.69, 9.17) is 40.2 Å². The summed E-state index contributed by atoms with van der Waals surface area (Å²) in [5, 5.41) is 7.18. The number of rotatable bonds is 5. The molecular weight excluding hydrogens is 497 g/mol. The van der Waals surface area contributed by atoms with E-state index >= 15 is 0 Å². The normalized spacial score (nSPS) is 12.9. The van der Waals surface area contributed by atoms with Crippen LogP contribution in [0.15, 0.2) is 103 Å². The van der Waals surface area contributed by atoms with Crippen LogP contribution in [0, 0.1) is 0 Å². The van der Waals surface area contributed by atoms with Crippen LogP contribution in [0.25, 0.3) is 11.3 Å². The molecule has 2 N–H and O–H groups in total. The molecule has 0 aliphatic carbocycles. The van der Waals surface area contributed by atoms with Crippen LogP contribution in [0.2, 0.25) is 10.0 Å². The summed E-state index contributed by atoms with van der Waals surface area (Å²) < 4.78 is 5.87. The van der Waals surface area contributed by atoms with E-state index < -0.39 is 0 Å². The molecule has 4 aromatic rings. The van der Waals surface area contributed by atoms with Crippen molar-refractivity contribution in [1.29, 1.82) is 0 Å². The molecule has 0 spiro atoms. The van der Waals surface area contributed by atoms with Crippen molar-refractivity contribution in [2.75, 3.05) is 11.9 Å². The average molecular weight is 518 g/mol. The third-order valence-electron chi connectivity index (χ3n) is 5.52. The van der Waals surface area contributed by atoms with Gasteiger partial charge < -0.3 is 10.1 Å². The lowest BCUT2D eigenvalue weighted by Crippen LogP contribution is -2.40. The van der Waals surface area contributed by atoms with E-state index in [9.17, 15) is 0 Å². The second-order valence-corrected chi connectivity index (χ2v) is 9.19. The van der Waals surface area contributed by atoms with Crippen molar-refractivity contribution in [2.45, 2.75) is 0 Å². The Hall–Kier alpha value is -3.51. The van der Waals surface area contributed by atoms with Gasteiger partial charge in [-0.2, -0.15) is 0 Å². The summed E-state index contributed by atoms with van der Waals surface area (Å²) in [5.74, 6) is 1.45. The zero-order valence-electron chi connectivity index (χ0n) is 18.5. The first-order chi connectivity index (χ1) is 17.0. The van der Waals surface area contributed by atoms with Crippen LogP contribution < -0.4 is 15.5 Å². The number of thiocarbonyl (C=S) groups is 1. The largest absolute Gasteiger partial charge is 0.457 e. The molecule has 4 aromatic carbocycles. The minimum atomic E-state index is 0.564. The van der Waals surface area contributed by atoms with E-state index in [1.54, 1.807) is 12.1 Å². The molecule has 0 aromatic heterocycles. The zero-order valence-corrected chi connectivity index (χ0v) is 20.9. The van der Waals surface area contributed by atoms with Gasteiger partial charge in [0.05, 0.1) is 12.2 Å². The molecule has 35 heavy (non-hydrogen) atoms. The van der Waals surface area contributed by atoms with Gasteiger partial charge in [0, 0.05) is 21.3 Å². The maximum atomic E-state index is 6.11. The molecule has 174 valence electrons. The lowest BCUT2D eigenvalue weighted by Gasteiger charge is -2.22. The number of halogens is 2. The molecule has 0 bridgehead atoms. The summed E-state index contributed by atoms with van der Waals surface area (Å²) in [6.45, 7) is 0.617. The van der Waals surface area contributed by atoms with Gasteiger partial charge in [-0.15, -0.1) is 0 Å². The first-order valence-electron chi connectivity index (χ1n) is 11.0. The van der Waals surface area contributed by atoms with Crippen molar-refractivity contribution in [3.63, 3.8) is 0 Å². The van der Waals surface area contributed by atoms with Crippen molar-refractivity contribution in [1.82, 2.24) is 10.4 Å². The van der Waals surface area contributed by atoms with Gasteiger partial charge >= 0.3 is 0 Å². The number of hydrazine groups is 1. The van der Waals surface area contributed by atoms with E-state index in [0.717, 1.165) is 39.6 Å². The van der Waals surface area contributed by atoms with E-state index in [1.807, 2.05) is 83.9 Å². The third-order valence-corrected chi connectivity index (χ3v) is 6.35. The number of hydrogen-bond acceptors (Lipinski definition) is 3. The molecule has 0 fully saturated rings. The van der Waals surface area contributed by atoms with Crippen molar-refractivity contribution >= 4 is 57.5 Å². The van der Waals surface area contributed by atoms with Crippen molar-refractivity contribution < 1.29 is 4.74 Å². The van der Waals surface area contributed by atoms with Crippen molar-refractivity contribution in [3.05, 3.63) is 124 Å². The summed E-state index contributed by atoms with van der Waals surface area (Å²) in [5.41, 5.74) is 8.68. The predicted molar refractivity (Wildman–Crippen MR) is 149 cm³/mol. The minimum absolute atomic E-state index is 0.564. The Morgan fingerprint density at radius 3 is 1.94 bits per heavy atom. The Bertz CT molecular complexity index is 1360. The molecule has 0 unspecified atom stereocenters. The predicted octanol–water partition coefficient (Wildman–Crippen LogP) is 7.87. The van der Waals surface area contributed by atoms with Crippen LogP contribution in [-0.2, 0) is 0 Å². The fraction of sp³-hybridized carbons (Fsp3) is 0.0357. The maximum absolute atomic E-state index is 6.11. The topological polar surface area (TPSA) is 36.5 Å². The Balaban J connectivity index is 1.29. The van der Waals surface area contributed by atoms with E-state index in [2.05, 4.69) is 22.9 Å². The smallest absolute Gasteiger partial charge is 0.192 e. The molecule has 7 heteroatoms. The van der Waals surface area contributed by atoms with Gasteiger partial charge in [0.2, 0.25) is 0 Å². The zero-order chi connectivity index (χ0) is 24.2. The van der Waals surface area contributed by atoms with Crippen LogP contribution in [0.3, 0.4) is 0 Å². The van der Waals surface area contributed by atoms with Crippen LogP contribution >= 0.6 is 35.4 Å². The highest BCUT2D eigenvalue weighted by Crippen LogP contribution is 2.31. The SMILES string of the molecule is S=C(Nc1ccc(Oc2ccc(Cl)cc2)cc1)N1CC(c2ccccc2)=C(c2ccc(Cl)cc2)N1. The molecule has 5 rings (SSSR count). The Morgan fingerprint density at radius 2 is 1.31 bits per heavy atom. The number of ether oxygens (including phenoxy) is 1. The molecule has 1 heterocycles. The van der Waals surface area contributed by atoms with Gasteiger partial charge in [0.1, 0.15) is 11.5 Å². The van der Waals surface area contributed by atoms with Gasteiger partial charge in [-0.3, -0.25) is 10.4 Å². The lowest BCUT2D eigenvalue weighted by molar-refractivity contribution is 0.440. The lowest BCUT2D eigenvalue weighted by atomic mass is 10.0. The summed E-state index contributed by atoms with van der Waals surface area (Å²) >= 11 is 17.8. The number of nitrogens with zero attached hydrogens (tertiary/aromatic N) is 1. The summed E-state index contributed by atoms with van der Waals surface area (Å²) in [6, 6.07) is 33.0.